The fourth-order valence-electron chi connectivity index (χ4n) is 1.52. The first-order chi connectivity index (χ1) is 5.68. The Balaban J connectivity index is 2.04. The number of carboxylic acids is 1. The van der Waals surface area contributed by atoms with E-state index >= 15 is 0 Å². The van der Waals surface area contributed by atoms with E-state index in [0.29, 0.717) is 19.0 Å². The Kier molecular flexibility index (Phi) is 3.49. The first-order valence-electron chi connectivity index (χ1n) is 4.31. The van der Waals surface area contributed by atoms with Gasteiger partial charge in [-0.1, -0.05) is 0 Å². The molecule has 1 heterocycles. The number of aliphatic hydroxyl groups is 1. The average Bonchev–Trinajstić information content (AvgIpc) is 2.35. The van der Waals surface area contributed by atoms with E-state index in [1.54, 1.807) is 0 Å². The van der Waals surface area contributed by atoms with Gasteiger partial charge in [-0.05, 0) is 19.3 Å². The zero-order chi connectivity index (χ0) is 8.97. The summed E-state index contributed by atoms with van der Waals surface area (Å²) in [6.45, 7) is 0.651. The number of hydrogen-bond acceptors (Lipinski definition) is 3. The Morgan fingerprint density at radius 2 is 2.33 bits per heavy atom. The molecule has 2 atom stereocenters. The molecule has 4 nitrogen and oxygen atoms in total. The Bertz CT molecular complexity index is 160. The molecule has 0 unspecified atom stereocenters. The van der Waals surface area contributed by atoms with Gasteiger partial charge in [0.05, 0.1) is 6.10 Å². The molecule has 12 heavy (non-hydrogen) atoms. The van der Waals surface area contributed by atoms with Crippen LogP contribution in [0.1, 0.15) is 25.7 Å². The minimum Gasteiger partial charge on any atom is -0.481 e. The van der Waals surface area contributed by atoms with Crippen LogP contribution in [0, 0.1) is 0 Å². The van der Waals surface area contributed by atoms with Gasteiger partial charge in [0.15, 0.2) is 0 Å². The van der Waals surface area contributed by atoms with Crippen LogP contribution >= 0.6 is 0 Å². The molecule has 1 aliphatic heterocycles. The van der Waals surface area contributed by atoms with Crippen LogP contribution in [0.2, 0.25) is 0 Å². The van der Waals surface area contributed by atoms with Crippen molar-refractivity contribution in [2.45, 2.75) is 37.8 Å². The SMILES string of the molecule is O=C(O)CCC[C@@H]1C[C@@H](O)CN1. The monoisotopic (exact) mass is 173 g/mol. The van der Waals surface area contributed by atoms with Gasteiger partial charge >= 0.3 is 5.97 Å². The fraction of sp³-hybridized carbons (Fsp3) is 0.875. The summed E-state index contributed by atoms with van der Waals surface area (Å²) in [5, 5.41) is 20.6. The molecule has 1 aliphatic rings. The number of aliphatic carboxylic acids is 1. The second-order valence-corrected chi connectivity index (χ2v) is 3.28. The predicted molar refractivity (Wildman–Crippen MR) is 43.9 cm³/mol. The lowest BCUT2D eigenvalue weighted by Crippen LogP contribution is -2.21. The van der Waals surface area contributed by atoms with Crippen LogP contribution in [0.25, 0.3) is 0 Å². The minimum absolute atomic E-state index is 0.230. The summed E-state index contributed by atoms with van der Waals surface area (Å²) in [6, 6.07) is 0.319. The van der Waals surface area contributed by atoms with E-state index < -0.39 is 5.97 Å². The van der Waals surface area contributed by atoms with Crippen LogP contribution in [0.3, 0.4) is 0 Å². The van der Waals surface area contributed by atoms with Gasteiger partial charge in [-0.3, -0.25) is 4.79 Å². The van der Waals surface area contributed by atoms with Crippen LogP contribution in [0.4, 0.5) is 0 Å². The van der Waals surface area contributed by atoms with E-state index in [2.05, 4.69) is 5.32 Å². The van der Waals surface area contributed by atoms with Gasteiger partial charge in [-0.15, -0.1) is 0 Å². The number of aliphatic hydroxyl groups excluding tert-OH is 1. The minimum atomic E-state index is -0.742. The third kappa shape index (κ3) is 3.19. The molecule has 3 N–H and O–H groups in total. The van der Waals surface area contributed by atoms with E-state index in [9.17, 15) is 4.79 Å². The molecule has 0 aromatic heterocycles. The summed E-state index contributed by atoms with van der Waals surface area (Å²) in [5.74, 6) is -0.742. The van der Waals surface area contributed by atoms with Crippen LogP contribution in [0.5, 0.6) is 0 Å². The standard InChI is InChI=1S/C8H15NO3/c10-7-4-6(9-5-7)2-1-3-8(11)12/h6-7,9-10H,1-5H2,(H,11,12)/t6-,7-/m1/s1. The molecule has 0 aromatic carbocycles. The smallest absolute Gasteiger partial charge is 0.303 e. The van der Waals surface area contributed by atoms with Gasteiger partial charge in [-0.2, -0.15) is 0 Å². The molecule has 1 saturated heterocycles. The Hall–Kier alpha value is -0.610. The van der Waals surface area contributed by atoms with Crippen LogP contribution in [-0.2, 0) is 4.79 Å². The highest BCUT2D eigenvalue weighted by Crippen LogP contribution is 2.12. The second-order valence-electron chi connectivity index (χ2n) is 3.28. The third-order valence-corrected chi connectivity index (χ3v) is 2.14. The van der Waals surface area contributed by atoms with E-state index in [4.69, 9.17) is 10.2 Å². The maximum atomic E-state index is 10.2. The molecule has 70 valence electrons. The van der Waals surface area contributed by atoms with Gasteiger partial charge in [0.25, 0.3) is 0 Å². The van der Waals surface area contributed by atoms with Gasteiger partial charge < -0.3 is 15.5 Å². The highest BCUT2D eigenvalue weighted by atomic mass is 16.4. The quantitative estimate of drug-likeness (QED) is 0.558. The third-order valence-electron chi connectivity index (χ3n) is 2.14. The highest BCUT2D eigenvalue weighted by Gasteiger charge is 2.21. The summed E-state index contributed by atoms with van der Waals surface area (Å²) >= 11 is 0. The molecule has 1 fully saturated rings. The molecule has 0 aliphatic carbocycles. The second kappa shape index (κ2) is 4.42. The van der Waals surface area contributed by atoms with Gasteiger partial charge in [-0.25, -0.2) is 0 Å². The van der Waals surface area contributed by atoms with Crippen LogP contribution in [-0.4, -0.2) is 34.9 Å². The zero-order valence-electron chi connectivity index (χ0n) is 6.99. The summed E-state index contributed by atoms with van der Waals surface area (Å²) < 4.78 is 0. The number of rotatable bonds is 4. The molecule has 0 aromatic rings. The summed E-state index contributed by atoms with van der Waals surface area (Å²) in [4.78, 5) is 10.2. The Morgan fingerprint density at radius 1 is 1.58 bits per heavy atom. The molecule has 0 radical (unpaired) electrons. The molecule has 0 spiro atoms. The summed E-state index contributed by atoms with van der Waals surface area (Å²) in [7, 11) is 0. The van der Waals surface area contributed by atoms with E-state index in [-0.39, 0.29) is 12.5 Å². The number of nitrogens with one attached hydrogen (secondary N) is 1. The van der Waals surface area contributed by atoms with Crippen molar-refractivity contribution in [3.8, 4) is 0 Å². The molecular weight excluding hydrogens is 158 g/mol. The van der Waals surface area contributed by atoms with Crippen molar-refractivity contribution in [2.24, 2.45) is 0 Å². The Morgan fingerprint density at radius 3 is 2.83 bits per heavy atom. The average molecular weight is 173 g/mol. The number of β-amino-alcohol motifs (C(OH)–C–C–N with tert-alkyl or cyclic N) is 1. The maximum absolute atomic E-state index is 10.2. The van der Waals surface area contributed by atoms with Crippen LogP contribution < -0.4 is 5.32 Å². The highest BCUT2D eigenvalue weighted by molar-refractivity contribution is 5.66. The lowest BCUT2D eigenvalue weighted by molar-refractivity contribution is -0.137. The molecule has 0 amide bonds. The molecule has 0 bridgehead atoms. The lowest BCUT2D eigenvalue weighted by Gasteiger charge is -2.07. The first-order valence-corrected chi connectivity index (χ1v) is 4.31. The largest absolute Gasteiger partial charge is 0.481 e. The summed E-state index contributed by atoms with van der Waals surface area (Å²) in [5.41, 5.74) is 0. The molecule has 0 saturated carbocycles. The van der Waals surface area contributed by atoms with Gasteiger partial charge in [0.1, 0.15) is 0 Å². The topological polar surface area (TPSA) is 69.6 Å². The maximum Gasteiger partial charge on any atom is 0.303 e. The van der Waals surface area contributed by atoms with Crippen molar-refractivity contribution in [3.63, 3.8) is 0 Å². The van der Waals surface area contributed by atoms with Crippen LogP contribution in [0.15, 0.2) is 0 Å². The van der Waals surface area contributed by atoms with E-state index in [1.807, 2.05) is 0 Å². The number of carboxylic acid groups (broad SMARTS) is 1. The van der Waals surface area contributed by atoms with Gasteiger partial charge in [0.2, 0.25) is 0 Å². The van der Waals surface area contributed by atoms with Crippen molar-refractivity contribution in [2.75, 3.05) is 6.54 Å². The van der Waals surface area contributed by atoms with Crippen molar-refractivity contribution >= 4 is 5.97 Å². The number of hydrogen-bond donors (Lipinski definition) is 3. The lowest BCUT2D eigenvalue weighted by atomic mass is 10.1. The van der Waals surface area contributed by atoms with Crippen molar-refractivity contribution in [3.05, 3.63) is 0 Å². The van der Waals surface area contributed by atoms with Gasteiger partial charge in [0, 0.05) is 19.0 Å². The molecule has 1 rings (SSSR count). The van der Waals surface area contributed by atoms with E-state index in [0.717, 1.165) is 12.8 Å². The van der Waals surface area contributed by atoms with E-state index in [1.165, 1.54) is 0 Å². The van der Waals surface area contributed by atoms with Crippen molar-refractivity contribution in [1.82, 2.24) is 5.32 Å². The predicted octanol–water partition coefficient (Wildman–Crippen LogP) is -0.0359. The van der Waals surface area contributed by atoms with Crippen molar-refractivity contribution < 1.29 is 15.0 Å². The summed E-state index contributed by atoms with van der Waals surface area (Å²) in [6.07, 6.45) is 2.30. The fourth-order valence-corrected chi connectivity index (χ4v) is 1.52. The zero-order valence-corrected chi connectivity index (χ0v) is 6.99. The molecule has 4 heteroatoms. The Labute approximate surface area is 71.6 Å². The molecular formula is C8H15NO3. The first kappa shape index (κ1) is 9.48. The number of carbonyl (C=O) groups is 1. The normalized spacial score (nSPS) is 29.1. The van der Waals surface area contributed by atoms with Crippen molar-refractivity contribution in [1.29, 1.82) is 0 Å².